The van der Waals surface area contributed by atoms with E-state index in [-0.39, 0.29) is 24.0 Å². The van der Waals surface area contributed by atoms with E-state index in [0.717, 1.165) is 38.3 Å². The van der Waals surface area contributed by atoms with Crippen LogP contribution in [-0.4, -0.2) is 35.5 Å². The van der Waals surface area contributed by atoms with Crippen molar-refractivity contribution in [3.63, 3.8) is 0 Å². The Morgan fingerprint density at radius 1 is 1.31 bits per heavy atom. The zero-order valence-electron chi connectivity index (χ0n) is 15.2. The van der Waals surface area contributed by atoms with Gasteiger partial charge in [-0.15, -0.1) is 35.3 Å². The van der Waals surface area contributed by atoms with Crippen LogP contribution in [0.2, 0.25) is 0 Å². The van der Waals surface area contributed by atoms with Crippen LogP contribution >= 0.6 is 35.3 Å². The third-order valence-electron chi connectivity index (χ3n) is 4.56. The molecule has 0 atom stereocenters. The summed E-state index contributed by atoms with van der Waals surface area (Å²) >= 11 is 1.77. The van der Waals surface area contributed by atoms with Crippen LogP contribution in [0.5, 0.6) is 0 Å². The SMILES string of the molecule is CCc1nc(CN2CCC(CN=C(N)Nc3ccccc3)CC2)cs1.I. The molecule has 26 heavy (non-hydrogen) atoms. The average Bonchev–Trinajstić information content (AvgIpc) is 3.10. The lowest BCUT2D eigenvalue weighted by atomic mass is 9.97. The summed E-state index contributed by atoms with van der Waals surface area (Å²) in [5.74, 6) is 1.12. The van der Waals surface area contributed by atoms with E-state index < -0.39 is 0 Å². The second-order valence-corrected chi connectivity index (χ2v) is 7.47. The van der Waals surface area contributed by atoms with Gasteiger partial charge in [-0.2, -0.15) is 0 Å². The maximum atomic E-state index is 5.99. The first-order chi connectivity index (χ1) is 12.2. The summed E-state index contributed by atoms with van der Waals surface area (Å²) in [6.45, 7) is 6.17. The molecule has 2 heterocycles. The van der Waals surface area contributed by atoms with Gasteiger partial charge in [-0.25, -0.2) is 4.98 Å². The highest BCUT2D eigenvalue weighted by molar-refractivity contribution is 14.0. The molecule has 0 spiro atoms. The molecule has 3 N–H and O–H groups in total. The summed E-state index contributed by atoms with van der Waals surface area (Å²) in [5, 5.41) is 6.58. The first-order valence-corrected chi connectivity index (χ1v) is 9.88. The summed E-state index contributed by atoms with van der Waals surface area (Å²) in [7, 11) is 0. The fourth-order valence-electron chi connectivity index (χ4n) is 3.08. The molecule has 1 aliphatic heterocycles. The second kappa shape index (κ2) is 10.8. The first-order valence-electron chi connectivity index (χ1n) is 9.00. The quantitative estimate of drug-likeness (QED) is 0.369. The van der Waals surface area contributed by atoms with E-state index in [4.69, 9.17) is 5.73 Å². The Hall–Kier alpha value is -1.19. The lowest BCUT2D eigenvalue weighted by Gasteiger charge is -2.30. The van der Waals surface area contributed by atoms with E-state index in [2.05, 4.69) is 32.5 Å². The summed E-state index contributed by atoms with van der Waals surface area (Å²) < 4.78 is 0. The zero-order chi connectivity index (χ0) is 17.5. The van der Waals surface area contributed by atoms with E-state index in [1.807, 2.05) is 30.3 Å². The van der Waals surface area contributed by atoms with Crippen molar-refractivity contribution in [2.75, 3.05) is 25.0 Å². The Balaban J connectivity index is 0.00000243. The third-order valence-corrected chi connectivity index (χ3v) is 5.60. The topological polar surface area (TPSA) is 66.5 Å². The largest absolute Gasteiger partial charge is 0.370 e. The molecule has 0 amide bonds. The highest BCUT2D eigenvalue weighted by Crippen LogP contribution is 2.20. The molecule has 0 aliphatic carbocycles. The molecule has 5 nitrogen and oxygen atoms in total. The number of thiazole rings is 1. The standard InChI is InChI=1S/C19H27N5S.HI/c1-2-18-22-17(14-25-18)13-24-10-8-15(9-11-24)12-21-19(20)23-16-6-4-3-5-7-16;/h3-7,14-15H,2,8-13H2,1H3,(H3,20,21,23);1H. The molecule has 3 rings (SSSR count). The Morgan fingerprint density at radius 2 is 2.04 bits per heavy atom. The van der Waals surface area contributed by atoms with E-state index in [1.165, 1.54) is 23.5 Å². The number of aryl methyl sites for hydroxylation is 1. The Bertz CT molecular complexity index is 680. The first kappa shape index (κ1) is 21.1. The van der Waals surface area contributed by atoms with Gasteiger partial charge in [0, 0.05) is 24.2 Å². The van der Waals surface area contributed by atoms with Gasteiger partial charge in [-0.05, 0) is 50.4 Å². The van der Waals surface area contributed by atoms with Crippen molar-refractivity contribution < 1.29 is 0 Å². The van der Waals surface area contributed by atoms with Gasteiger partial charge in [0.1, 0.15) is 0 Å². The van der Waals surface area contributed by atoms with Gasteiger partial charge in [0.2, 0.25) is 0 Å². The number of guanidine groups is 1. The summed E-state index contributed by atoms with van der Waals surface area (Å²) in [5.41, 5.74) is 8.19. The van der Waals surface area contributed by atoms with Gasteiger partial charge in [-0.3, -0.25) is 9.89 Å². The maximum Gasteiger partial charge on any atom is 0.193 e. The Kier molecular flexibility index (Phi) is 8.80. The van der Waals surface area contributed by atoms with Crippen molar-refractivity contribution in [2.24, 2.45) is 16.6 Å². The average molecular weight is 485 g/mol. The van der Waals surface area contributed by atoms with Crippen molar-refractivity contribution in [3.8, 4) is 0 Å². The van der Waals surface area contributed by atoms with Crippen LogP contribution in [0.3, 0.4) is 0 Å². The smallest absolute Gasteiger partial charge is 0.193 e. The molecule has 1 aliphatic rings. The number of nitrogens with one attached hydrogen (secondary N) is 1. The fraction of sp³-hybridized carbons (Fsp3) is 0.474. The number of benzene rings is 1. The zero-order valence-corrected chi connectivity index (χ0v) is 18.4. The van der Waals surface area contributed by atoms with E-state index >= 15 is 0 Å². The predicted molar refractivity (Wildman–Crippen MR) is 121 cm³/mol. The predicted octanol–water partition coefficient (Wildman–Crippen LogP) is 3.96. The lowest BCUT2D eigenvalue weighted by Crippen LogP contribution is -2.34. The minimum Gasteiger partial charge on any atom is -0.370 e. The number of hydrogen-bond donors (Lipinski definition) is 2. The fourth-order valence-corrected chi connectivity index (χ4v) is 3.81. The van der Waals surface area contributed by atoms with E-state index in [9.17, 15) is 0 Å². The van der Waals surface area contributed by atoms with Crippen LogP contribution in [0.25, 0.3) is 0 Å². The number of likely N-dealkylation sites (tertiary alicyclic amines) is 1. The molecule has 0 bridgehead atoms. The van der Waals surface area contributed by atoms with Gasteiger partial charge in [-0.1, -0.05) is 25.1 Å². The number of nitrogens with two attached hydrogens (primary N) is 1. The van der Waals surface area contributed by atoms with Crippen LogP contribution in [0.4, 0.5) is 5.69 Å². The number of anilines is 1. The van der Waals surface area contributed by atoms with Crippen LogP contribution in [-0.2, 0) is 13.0 Å². The number of piperidine rings is 1. The number of aromatic nitrogens is 1. The Morgan fingerprint density at radius 3 is 2.69 bits per heavy atom. The molecule has 0 saturated carbocycles. The second-order valence-electron chi connectivity index (χ2n) is 6.52. The molecule has 1 aromatic carbocycles. The molecule has 1 fully saturated rings. The molecule has 0 unspecified atom stereocenters. The number of hydrogen-bond acceptors (Lipinski definition) is 4. The van der Waals surface area contributed by atoms with Gasteiger partial charge in [0.25, 0.3) is 0 Å². The minimum absolute atomic E-state index is 0. The molecule has 142 valence electrons. The summed E-state index contributed by atoms with van der Waals surface area (Å²) in [4.78, 5) is 11.7. The van der Waals surface area contributed by atoms with Crippen molar-refractivity contribution in [2.45, 2.75) is 32.7 Å². The molecule has 0 radical (unpaired) electrons. The van der Waals surface area contributed by atoms with Crippen molar-refractivity contribution >= 4 is 47.0 Å². The number of halogens is 1. The normalized spacial score (nSPS) is 16.3. The van der Waals surface area contributed by atoms with Gasteiger partial charge < -0.3 is 11.1 Å². The summed E-state index contributed by atoms with van der Waals surface area (Å²) in [6, 6.07) is 9.93. The van der Waals surface area contributed by atoms with Crippen LogP contribution < -0.4 is 11.1 Å². The minimum atomic E-state index is 0. The molecule has 1 saturated heterocycles. The molecular weight excluding hydrogens is 457 g/mol. The van der Waals surface area contributed by atoms with Crippen LogP contribution in [0.1, 0.15) is 30.5 Å². The number of rotatable bonds is 6. The third kappa shape index (κ3) is 6.51. The molecule has 7 heteroatoms. The monoisotopic (exact) mass is 485 g/mol. The van der Waals surface area contributed by atoms with Crippen molar-refractivity contribution in [3.05, 3.63) is 46.4 Å². The van der Waals surface area contributed by atoms with Crippen molar-refractivity contribution in [1.82, 2.24) is 9.88 Å². The number of para-hydroxylation sites is 1. The molecular formula is C19H28IN5S. The highest BCUT2D eigenvalue weighted by Gasteiger charge is 2.19. The van der Waals surface area contributed by atoms with E-state index in [0.29, 0.717) is 11.9 Å². The Labute approximate surface area is 177 Å². The van der Waals surface area contributed by atoms with E-state index in [1.54, 1.807) is 11.3 Å². The number of nitrogens with zero attached hydrogens (tertiary/aromatic N) is 3. The van der Waals surface area contributed by atoms with Gasteiger partial charge in [0.05, 0.1) is 10.7 Å². The molecule has 2 aromatic rings. The van der Waals surface area contributed by atoms with Crippen molar-refractivity contribution in [1.29, 1.82) is 0 Å². The van der Waals surface area contributed by atoms with Crippen LogP contribution in [0.15, 0.2) is 40.7 Å². The molecule has 1 aromatic heterocycles. The summed E-state index contributed by atoms with van der Waals surface area (Å²) in [6.07, 6.45) is 3.38. The van der Waals surface area contributed by atoms with Gasteiger partial charge >= 0.3 is 0 Å². The van der Waals surface area contributed by atoms with Gasteiger partial charge in [0.15, 0.2) is 5.96 Å². The van der Waals surface area contributed by atoms with Crippen LogP contribution in [0, 0.1) is 5.92 Å². The highest BCUT2D eigenvalue weighted by atomic mass is 127. The lowest BCUT2D eigenvalue weighted by molar-refractivity contribution is 0.179. The number of aliphatic imine (C=N–C) groups is 1. The maximum absolute atomic E-state index is 5.99.